The van der Waals surface area contributed by atoms with Gasteiger partial charge >= 0.3 is 0 Å². The molecule has 0 amide bonds. The Kier molecular flexibility index (Phi) is 4.18. The third kappa shape index (κ3) is 2.91. The molecule has 1 N–H and O–H groups in total. The van der Waals surface area contributed by atoms with E-state index in [1.54, 1.807) is 11.3 Å². The third-order valence-electron chi connectivity index (χ3n) is 3.54. The van der Waals surface area contributed by atoms with E-state index in [4.69, 9.17) is 0 Å². The smallest absolute Gasteiger partial charge is 0.137 e. The lowest BCUT2D eigenvalue weighted by molar-refractivity contribution is 0.277. The zero-order valence-electron chi connectivity index (χ0n) is 12.0. The fraction of sp³-hybridized carbons (Fsp3) is 0.235. The number of aromatic nitrogens is 1. The predicted octanol–water partition coefficient (Wildman–Crippen LogP) is 3.82. The molecule has 3 nitrogen and oxygen atoms in total. The molecule has 0 unspecified atom stereocenters. The summed E-state index contributed by atoms with van der Waals surface area (Å²) in [5, 5.41) is 13.8. The van der Waals surface area contributed by atoms with Gasteiger partial charge in [0, 0.05) is 16.8 Å². The summed E-state index contributed by atoms with van der Waals surface area (Å²) in [5.41, 5.74) is 0.716. The van der Waals surface area contributed by atoms with Crippen molar-refractivity contribution in [2.75, 3.05) is 11.4 Å². The number of rotatable bonds is 5. The quantitative estimate of drug-likeness (QED) is 0.778. The number of aliphatic hydroxyl groups excluding tert-OH is 1. The van der Waals surface area contributed by atoms with Gasteiger partial charge in [-0.05, 0) is 29.8 Å². The van der Waals surface area contributed by atoms with Crippen LogP contribution < -0.4 is 4.90 Å². The minimum atomic E-state index is -0.0333. The molecule has 0 aliphatic heterocycles. The van der Waals surface area contributed by atoms with Crippen molar-refractivity contribution >= 4 is 27.9 Å². The molecular weight excluding hydrogens is 280 g/mol. The maximum absolute atomic E-state index is 9.45. The lowest BCUT2D eigenvalue weighted by atomic mass is 10.1. The Hall–Kier alpha value is -1.91. The maximum atomic E-state index is 9.45. The van der Waals surface area contributed by atoms with Crippen molar-refractivity contribution in [1.82, 2.24) is 4.98 Å². The first-order valence-corrected chi connectivity index (χ1v) is 7.96. The van der Waals surface area contributed by atoms with Crippen molar-refractivity contribution in [1.29, 1.82) is 0 Å². The highest BCUT2D eigenvalue weighted by Gasteiger charge is 2.13. The molecule has 0 spiro atoms. The first-order chi connectivity index (χ1) is 10.3. The van der Waals surface area contributed by atoms with Crippen LogP contribution in [-0.2, 0) is 13.2 Å². The Morgan fingerprint density at radius 3 is 2.76 bits per heavy atom. The number of hydrogen-bond acceptors (Lipinski definition) is 4. The second-order valence-electron chi connectivity index (χ2n) is 4.91. The van der Waals surface area contributed by atoms with Crippen LogP contribution >= 0.6 is 11.3 Å². The van der Waals surface area contributed by atoms with E-state index in [0.717, 1.165) is 29.7 Å². The largest absolute Gasteiger partial charge is 0.390 e. The zero-order chi connectivity index (χ0) is 14.7. The fourth-order valence-corrected chi connectivity index (χ4v) is 3.20. The normalized spacial score (nSPS) is 11.0. The van der Waals surface area contributed by atoms with Crippen molar-refractivity contribution < 1.29 is 5.11 Å². The zero-order valence-corrected chi connectivity index (χ0v) is 12.8. The molecule has 1 aromatic carbocycles. The lowest BCUT2D eigenvalue weighted by Gasteiger charge is -2.23. The highest BCUT2D eigenvalue weighted by atomic mass is 32.1. The summed E-state index contributed by atoms with van der Waals surface area (Å²) in [6, 6.07) is 14.4. The molecule has 108 valence electrons. The van der Waals surface area contributed by atoms with Crippen LogP contribution in [0.5, 0.6) is 0 Å². The first-order valence-electron chi connectivity index (χ1n) is 7.08. The van der Waals surface area contributed by atoms with E-state index in [-0.39, 0.29) is 6.61 Å². The van der Waals surface area contributed by atoms with Gasteiger partial charge in [-0.15, -0.1) is 11.3 Å². The molecule has 0 aliphatic carbocycles. The topological polar surface area (TPSA) is 36.4 Å². The van der Waals surface area contributed by atoms with Crippen molar-refractivity contribution in [2.45, 2.75) is 20.1 Å². The molecule has 3 aromatic rings. The van der Waals surface area contributed by atoms with E-state index < -0.39 is 0 Å². The van der Waals surface area contributed by atoms with Crippen LogP contribution in [0.15, 0.2) is 47.8 Å². The number of thiophene rings is 1. The van der Waals surface area contributed by atoms with E-state index in [2.05, 4.69) is 46.5 Å². The minimum Gasteiger partial charge on any atom is -0.390 e. The van der Waals surface area contributed by atoms with Crippen LogP contribution in [-0.4, -0.2) is 16.6 Å². The average molecular weight is 298 g/mol. The Labute approximate surface area is 128 Å². The first kappa shape index (κ1) is 14.0. The average Bonchev–Trinajstić information content (AvgIpc) is 3.04. The van der Waals surface area contributed by atoms with Crippen LogP contribution in [0.4, 0.5) is 5.82 Å². The SMILES string of the molecule is CCN(Cc1cccs1)c1nc(CO)cc2ccccc12. The number of benzene rings is 1. The second kappa shape index (κ2) is 6.24. The van der Waals surface area contributed by atoms with Crippen LogP contribution in [0, 0.1) is 0 Å². The molecule has 0 radical (unpaired) electrons. The molecule has 0 fully saturated rings. The van der Waals surface area contributed by atoms with E-state index in [1.165, 1.54) is 4.88 Å². The van der Waals surface area contributed by atoms with E-state index >= 15 is 0 Å². The highest BCUT2D eigenvalue weighted by Crippen LogP contribution is 2.27. The summed E-state index contributed by atoms with van der Waals surface area (Å²) in [7, 11) is 0. The third-order valence-corrected chi connectivity index (χ3v) is 4.40. The molecular formula is C17H18N2OS. The Balaban J connectivity index is 2.07. The Morgan fingerprint density at radius 2 is 2.05 bits per heavy atom. The molecule has 0 atom stereocenters. The van der Waals surface area contributed by atoms with Crippen molar-refractivity contribution in [3.8, 4) is 0 Å². The van der Waals surface area contributed by atoms with Crippen LogP contribution in [0.3, 0.4) is 0 Å². The van der Waals surface area contributed by atoms with E-state index in [1.807, 2.05) is 18.2 Å². The lowest BCUT2D eigenvalue weighted by Crippen LogP contribution is -2.23. The maximum Gasteiger partial charge on any atom is 0.137 e. The Bertz CT molecular complexity index is 725. The summed E-state index contributed by atoms with van der Waals surface area (Å²) in [6.45, 7) is 3.83. The van der Waals surface area contributed by atoms with E-state index in [0.29, 0.717) is 5.69 Å². The van der Waals surface area contributed by atoms with Gasteiger partial charge < -0.3 is 10.0 Å². The van der Waals surface area contributed by atoms with Gasteiger partial charge in [-0.25, -0.2) is 4.98 Å². The van der Waals surface area contributed by atoms with Gasteiger partial charge in [0.05, 0.1) is 18.8 Å². The molecule has 0 aliphatic rings. The van der Waals surface area contributed by atoms with Crippen LogP contribution in [0.1, 0.15) is 17.5 Å². The number of nitrogens with zero attached hydrogens (tertiary/aromatic N) is 2. The number of hydrogen-bond donors (Lipinski definition) is 1. The molecule has 21 heavy (non-hydrogen) atoms. The van der Waals surface area contributed by atoms with Crippen LogP contribution in [0.25, 0.3) is 10.8 Å². The summed E-state index contributed by atoms with van der Waals surface area (Å²) < 4.78 is 0. The monoisotopic (exact) mass is 298 g/mol. The molecule has 2 heterocycles. The summed E-state index contributed by atoms with van der Waals surface area (Å²) >= 11 is 1.76. The number of fused-ring (bicyclic) bond motifs is 1. The molecule has 4 heteroatoms. The molecule has 3 rings (SSSR count). The number of pyridine rings is 1. The number of anilines is 1. The molecule has 0 saturated heterocycles. The van der Waals surface area contributed by atoms with Gasteiger partial charge in [0.15, 0.2) is 0 Å². The van der Waals surface area contributed by atoms with Crippen molar-refractivity contribution in [2.24, 2.45) is 0 Å². The number of aliphatic hydroxyl groups is 1. The molecule has 0 bridgehead atoms. The van der Waals surface area contributed by atoms with Crippen molar-refractivity contribution in [3.05, 3.63) is 58.4 Å². The highest BCUT2D eigenvalue weighted by molar-refractivity contribution is 7.09. The predicted molar refractivity (Wildman–Crippen MR) is 88.7 cm³/mol. The van der Waals surface area contributed by atoms with Gasteiger partial charge in [-0.2, -0.15) is 0 Å². The Morgan fingerprint density at radius 1 is 1.19 bits per heavy atom. The van der Waals surface area contributed by atoms with Crippen LogP contribution in [0.2, 0.25) is 0 Å². The minimum absolute atomic E-state index is 0.0333. The van der Waals surface area contributed by atoms with Crippen molar-refractivity contribution in [3.63, 3.8) is 0 Å². The summed E-state index contributed by atoms with van der Waals surface area (Å²) in [4.78, 5) is 8.23. The van der Waals surface area contributed by atoms with Gasteiger partial charge in [0.25, 0.3) is 0 Å². The van der Waals surface area contributed by atoms with Gasteiger partial charge in [-0.1, -0.05) is 30.3 Å². The molecule has 2 aromatic heterocycles. The van der Waals surface area contributed by atoms with Gasteiger partial charge in [-0.3, -0.25) is 0 Å². The molecule has 0 saturated carbocycles. The fourth-order valence-electron chi connectivity index (χ4n) is 2.48. The van der Waals surface area contributed by atoms with Gasteiger partial charge in [0.1, 0.15) is 5.82 Å². The summed E-state index contributed by atoms with van der Waals surface area (Å²) in [5.74, 6) is 0.952. The van der Waals surface area contributed by atoms with Gasteiger partial charge in [0.2, 0.25) is 0 Å². The standard InChI is InChI=1S/C17H18N2OS/c1-2-19(11-15-7-5-9-21-15)17-16-8-4-3-6-13(16)10-14(12-20)18-17/h3-10,20H,2,11-12H2,1H3. The second-order valence-corrected chi connectivity index (χ2v) is 5.94. The van der Waals surface area contributed by atoms with E-state index in [9.17, 15) is 5.11 Å². The summed E-state index contributed by atoms with van der Waals surface area (Å²) in [6.07, 6.45) is 0.